The number of ether oxygens (including phenoxy) is 1. The second kappa shape index (κ2) is 9.24. The highest BCUT2D eigenvalue weighted by Gasteiger charge is 2.32. The summed E-state index contributed by atoms with van der Waals surface area (Å²) < 4.78 is 7.23. The molecule has 0 spiro atoms. The molecule has 0 saturated carbocycles. The molecule has 4 aromatic rings. The van der Waals surface area contributed by atoms with Crippen molar-refractivity contribution in [2.75, 3.05) is 13.7 Å². The van der Waals surface area contributed by atoms with Gasteiger partial charge in [-0.15, -0.1) is 0 Å². The highest BCUT2D eigenvalue weighted by atomic mass is 16.5. The predicted octanol–water partition coefficient (Wildman–Crippen LogP) is 4.37. The van der Waals surface area contributed by atoms with Crippen LogP contribution in [0.25, 0.3) is 11.4 Å². The molecule has 0 aliphatic carbocycles. The van der Waals surface area contributed by atoms with Gasteiger partial charge in [-0.2, -0.15) is 0 Å². The molecule has 0 bridgehead atoms. The summed E-state index contributed by atoms with van der Waals surface area (Å²) in [5, 5.41) is 0. The smallest absolute Gasteiger partial charge is 0.254 e. The Kier molecular flexibility index (Phi) is 5.85. The number of hydrogen-bond donors (Lipinski definition) is 0. The van der Waals surface area contributed by atoms with Gasteiger partial charge in [0.15, 0.2) is 5.82 Å². The van der Waals surface area contributed by atoms with E-state index >= 15 is 0 Å². The first-order valence-corrected chi connectivity index (χ1v) is 11.0. The van der Waals surface area contributed by atoms with Crippen LogP contribution in [0.4, 0.5) is 0 Å². The first kappa shape index (κ1) is 20.9. The molecule has 1 amide bonds. The number of nitrogens with zero attached hydrogens (tertiary/aromatic N) is 5. The third-order valence-corrected chi connectivity index (χ3v) is 5.98. The van der Waals surface area contributed by atoms with E-state index in [9.17, 15) is 4.79 Å². The van der Waals surface area contributed by atoms with Crippen molar-refractivity contribution in [3.63, 3.8) is 0 Å². The molecule has 0 N–H and O–H groups in total. The van der Waals surface area contributed by atoms with Gasteiger partial charge < -0.3 is 14.2 Å². The average Bonchev–Trinajstić information content (AvgIpc) is 3.56. The van der Waals surface area contributed by atoms with Crippen LogP contribution >= 0.6 is 0 Å². The van der Waals surface area contributed by atoms with Gasteiger partial charge in [0.05, 0.1) is 25.2 Å². The van der Waals surface area contributed by atoms with Crippen LogP contribution in [0.2, 0.25) is 0 Å². The third-order valence-electron chi connectivity index (χ3n) is 5.98. The minimum absolute atomic E-state index is 0.0367. The number of benzene rings is 2. The molecule has 5 rings (SSSR count). The molecule has 7 nitrogen and oxygen atoms in total. The van der Waals surface area contributed by atoms with Crippen LogP contribution in [-0.4, -0.2) is 44.0 Å². The molecule has 1 aliphatic rings. The largest absolute Gasteiger partial charge is 0.497 e. The minimum Gasteiger partial charge on any atom is -0.497 e. The fourth-order valence-electron chi connectivity index (χ4n) is 4.31. The van der Waals surface area contributed by atoms with E-state index in [2.05, 4.69) is 9.97 Å². The van der Waals surface area contributed by atoms with Crippen LogP contribution in [0.15, 0.2) is 79.5 Å². The first-order chi connectivity index (χ1) is 16.2. The van der Waals surface area contributed by atoms with Crippen molar-refractivity contribution in [3.05, 3.63) is 96.3 Å². The predicted molar refractivity (Wildman–Crippen MR) is 125 cm³/mol. The van der Waals surface area contributed by atoms with E-state index in [1.807, 2.05) is 70.3 Å². The summed E-state index contributed by atoms with van der Waals surface area (Å²) in [6, 6.07) is 17.4. The molecule has 3 heterocycles. The van der Waals surface area contributed by atoms with Gasteiger partial charge >= 0.3 is 0 Å². The Hall–Kier alpha value is -4.00. The van der Waals surface area contributed by atoms with Gasteiger partial charge in [0.1, 0.15) is 5.75 Å². The second-order valence-electron chi connectivity index (χ2n) is 8.13. The number of methoxy groups -OCH3 is 1. The highest BCUT2D eigenvalue weighted by molar-refractivity contribution is 5.94. The first-order valence-electron chi connectivity index (χ1n) is 11.0. The molecule has 7 heteroatoms. The van der Waals surface area contributed by atoms with Crippen LogP contribution in [0.3, 0.4) is 0 Å². The molecule has 1 atom stereocenters. The maximum atomic E-state index is 13.5. The molecule has 0 unspecified atom stereocenters. The molecular weight excluding hydrogens is 414 g/mol. The molecule has 0 radical (unpaired) electrons. The molecule has 2 aromatic heterocycles. The van der Waals surface area contributed by atoms with E-state index in [-0.39, 0.29) is 11.9 Å². The minimum atomic E-state index is -0.0604. The Labute approximate surface area is 192 Å². The standard InChI is InChI=1S/C26H25N5O2/c1-33-22-9-7-20(8-10-22)25-28-12-11-23(29-25)24-6-3-14-31(24)26(32)21-5-2-4-19(16-21)17-30-15-13-27-18-30/h2,4-5,7-13,15-16,18,24H,3,6,14,17H2,1H3/t24-/m1/s1. The van der Waals surface area contributed by atoms with E-state index in [4.69, 9.17) is 9.72 Å². The maximum absolute atomic E-state index is 13.5. The number of carbonyl (C=O) groups excluding carboxylic acids is 1. The van der Waals surface area contributed by atoms with Gasteiger partial charge in [0, 0.05) is 42.8 Å². The summed E-state index contributed by atoms with van der Waals surface area (Å²) >= 11 is 0. The molecule has 1 aliphatic heterocycles. The summed E-state index contributed by atoms with van der Waals surface area (Å²) in [6.45, 7) is 1.40. The summed E-state index contributed by atoms with van der Waals surface area (Å²) in [5.41, 5.74) is 3.55. The van der Waals surface area contributed by atoms with Crippen molar-refractivity contribution in [2.45, 2.75) is 25.4 Å². The summed E-state index contributed by atoms with van der Waals surface area (Å²) in [5.74, 6) is 1.48. The number of rotatable bonds is 6. The van der Waals surface area contributed by atoms with Gasteiger partial charge in [-0.25, -0.2) is 15.0 Å². The fraction of sp³-hybridized carbons (Fsp3) is 0.231. The maximum Gasteiger partial charge on any atom is 0.254 e. The van der Waals surface area contributed by atoms with Crippen molar-refractivity contribution in [2.24, 2.45) is 0 Å². The van der Waals surface area contributed by atoms with Gasteiger partial charge in [0.25, 0.3) is 5.91 Å². The Morgan fingerprint density at radius 2 is 2.00 bits per heavy atom. The monoisotopic (exact) mass is 439 g/mol. The number of carbonyl (C=O) groups is 1. The Balaban J connectivity index is 1.37. The zero-order chi connectivity index (χ0) is 22.6. The van der Waals surface area contributed by atoms with E-state index in [1.165, 1.54) is 0 Å². The molecule has 2 aromatic carbocycles. The topological polar surface area (TPSA) is 73.1 Å². The lowest BCUT2D eigenvalue weighted by Crippen LogP contribution is -2.31. The fourth-order valence-corrected chi connectivity index (χ4v) is 4.31. The van der Waals surface area contributed by atoms with Crippen molar-refractivity contribution in [1.29, 1.82) is 0 Å². The normalized spacial score (nSPS) is 15.5. The average molecular weight is 440 g/mol. The summed E-state index contributed by atoms with van der Waals surface area (Å²) in [4.78, 5) is 28.8. The molecule has 33 heavy (non-hydrogen) atoms. The van der Waals surface area contributed by atoms with Crippen molar-refractivity contribution < 1.29 is 9.53 Å². The summed E-state index contributed by atoms with van der Waals surface area (Å²) in [6.07, 6.45) is 9.06. The van der Waals surface area contributed by atoms with Gasteiger partial charge in [-0.1, -0.05) is 12.1 Å². The molecular formula is C26H25N5O2. The molecule has 1 fully saturated rings. The quantitative estimate of drug-likeness (QED) is 0.446. The van der Waals surface area contributed by atoms with Crippen molar-refractivity contribution in [1.82, 2.24) is 24.4 Å². The van der Waals surface area contributed by atoms with Gasteiger partial charge in [0.2, 0.25) is 0 Å². The Bertz CT molecular complexity index is 1240. The van der Waals surface area contributed by atoms with Crippen molar-refractivity contribution >= 4 is 5.91 Å². The second-order valence-corrected chi connectivity index (χ2v) is 8.13. The number of likely N-dealkylation sites (tertiary alicyclic amines) is 1. The number of amides is 1. The number of aromatic nitrogens is 4. The van der Waals surface area contributed by atoms with Crippen molar-refractivity contribution in [3.8, 4) is 17.1 Å². The van der Waals surface area contributed by atoms with Gasteiger partial charge in [-0.3, -0.25) is 4.79 Å². The zero-order valence-electron chi connectivity index (χ0n) is 18.5. The van der Waals surface area contributed by atoms with Crippen LogP contribution in [-0.2, 0) is 6.54 Å². The third kappa shape index (κ3) is 4.48. The Morgan fingerprint density at radius 3 is 2.79 bits per heavy atom. The Morgan fingerprint density at radius 1 is 1.12 bits per heavy atom. The van der Waals surface area contributed by atoms with E-state index < -0.39 is 0 Å². The lowest BCUT2D eigenvalue weighted by atomic mass is 10.1. The van der Waals surface area contributed by atoms with Crippen LogP contribution < -0.4 is 4.74 Å². The molecule has 166 valence electrons. The van der Waals surface area contributed by atoms with E-state index in [0.717, 1.165) is 42.0 Å². The van der Waals surface area contributed by atoms with Crippen LogP contribution in [0.1, 0.15) is 40.5 Å². The van der Waals surface area contributed by atoms with E-state index in [0.29, 0.717) is 17.9 Å². The van der Waals surface area contributed by atoms with Crippen LogP contribution in [0, 0.1) is 0 Å². The van der Waals surface area contributed by atoms with Crippen LogP contribution in [0.5, 0.6) is 5.75 Å². The zero-order valence-corrected chi connectivity index (χ0v) is 18.5. The summed E-state index contributed by atoms with van der Waals surface area (Å²) in [7, 11) is 1.64. The SMILES string of the molecule is COc1ccc(-c2nccc([C@H]3CCCN3C(=O)c3cccc(Cn4ccnc4)c3)n2)cc1. The number of hydrogen-bond acceptors (Lipinski definition) is 5. The number of imidazole rings is 1. The highest BCUT2D eigenvalue weighted by Crippen LogP contribution is 2.33. The van der Waals surface area contributed by atoms with E-state index in [1.54, 1.807) is 25.8 Å². The van der Waals surface area contributed by atoms with Gasteiger partial charge in [-0.05, 0) is 60.9 Å². The lowest BCUT2D eigenvalue weighted by Gasteiger charge is -2.25. The molecule has 1 saturated heterocycles. The lowest BCUT2D eigenvalue weighted by molar-refractivity contribution is 0.0732.